The lowest BCUT2D eigenvalue weighted by molar-refractivity contribution is 0.103. The van der Waals surface area contributed by atoms with E-state index in [1.54, 1.807) is 7.05 Å². The summed E-state index contributed by atoms with van der Waals surface area (Å²) in [5.74, 6) is -0.557. The Bertz CT molecular complexity index is 926. The van der Waals surface area contributed by atoms with Crippen LogP contribution in [0.2, 0.25) is 10.3 Å². The van der Waals surface area contributed by atoms with Crippen molar-refractivity contribution in [3.63, 3.8) is 0 Å². The molecule has 0 amide bonds. The molecule has 0 fully saturated rings. The average molecular weight is 377 g/mol. The van der Waals surface area contributed by atoms with Gasteiger partial charge in [0, 0.05) is 12.5 Å². The van der Waals surface area contributed by atoms with Crippen molar-refractivity contribution in [1.29, 1.82) is 5.26 Å². The number of carbonyl (C=O) groups excluding carboxylic acids is 1. The Labute approximate surface area is 152 Å². The Kier molecular flexibility index (Phi) is 4.67. The van der Waals surface area contributed by atoms with Crippen molar-refractivity contribution >= 4 is 46.4 Å². The predicted molar refractivity (Wildman–Crippen MR) is 95.3 cm³/mol. The number of nitriles is 1. The van der Waals surface area contributed by atoms with Crippen LogP contribution in [-0.4, -0.2) is 15.6 Å². The molecule has 1 aromatic carbocycles. The zero-order valence-corrected chi connectivity index (χ0v) is 14.7. The van der Waals surface area contributed by atoms with Gasteiger partial charge in [-0.25, -0.2) is 0 Å². The minimum absolute atomic E-state index is 0.0277. The van der Waals surface area contributed by atoms with E-state index in [0.29, 0.717) is 5.03 Å². The van der Waals surface area contributed by atoms with E-state index in [4.69, 9.17) is 23.2 Å². The lowest BCUT2D eigenvalue weighted by Gasteiger charge is -2.07. The van der Waals surface area contributed by atoms with Crippen molar-refractivity contribution in [3.8, 4) is 6.07 Å². The number of Topliss-reactive ketones (excluding diaryl/α,β-unsaturated/α-hetero) is 1. The number of allylic oxidation sites excluding steroid dienone is 1. The molecule has 2 aromatic rings. The van der Waals surface area contributed by atoms with Crippen LogP contribution in [0.1, 0.15) is 15.9 Å². The first kappa shape index (κ1) is 16.7. The summed E-state index contributed by atoms with van der Waals surface area (Å²) >= 11 is 13.3. The zero-order chi connectivity index (χ0) is 17.3. The number of carbonyl (C=O) groups is 1. The third-order valence-corrected chi connectivity index (χ3v) is 4.95. The van der Waals surface area contributed by atoms with Gasteiger partial charge >= 0.3 is 0 Å². The van der Waals surface area contributed by atoms with Crippen LogP contribution in [0.5, 0.6) is 0 Å². The predicted octanol–water partition coefficient (Wildman–Crippen LogP) is 3.98. The van der Waals surface area contributed by atoms with Crippen LogP contribution in [0.25, 0.3) is 5.70 Å². The number of nitrogens with one attached hydrogen (secondary N) is 1. The molecule has 8 heteroatoms. The maximum absolute atomic E-state index is 12.7. The first-order valence-electron chi connectivity index (χ1n) is 6.79. The fourth-order valence-electron chi connectivity index (χ4n) is 2.17. The molecule has 0 aliphatic carbocycles. The smallest absolute Gasteiger partial charge is 0.212 e. The van der Waals surface area contributed by atoms with E-state index in [0.717, 1.165) is 11.3 Å². The number of thioether (sulfide) groups is 1. The molecular weight excluding hydrogens is 367 g/mol. The third-order valence-electron chi connectivity index (χ3n) is 3.36. The highest BCUT2D eigenvalue weighted by Gasteiger charge is 2.27. The fraction of sp³-hybridized carbons (Fsp3) is 0.0625. The molecule has 3 rings (SSSR count). The van der Waals surface area contributed by atoms with Gasteiger partial charge in [0.05, 0.1) is 16.3 Å². The summed E-state index contributed by atoms with van der Waals surface area (Å²) in [5, 5.41) is 18.8. The highest BCUT2D eigenvalue weighted by molar-refractivity contribution is 8.06. The number of rotatable bonds is 3. The molecule has 0 unspecified atom stereocenters. The summed E-state index contributed by atoms with van der Waals surface area (Å²) in [6.45, 7) is 0. The molecule has 1 N–H and O–H groups in total. The van der Waals surface area contributed by atoms with Crippen molar-refractivity contribution in [3.05, 3.63) is 67.8 Å². The first-order valence-corrected chi connectivity index (χ1v) is 8.42. The van der Waals surface area contributed by atoms with E-state index in [2.05, 4.69) is 10.4 Å². The van der Waals surface area contributed by atoms with Gasteiger partial charge in [-0.3, -0.25) is 9.48 Å². The van der Waals surface area contributed by atoms with E-state index in [-0.39, 0.29) is 21.4 Å². The molecule has 0 saturated heterocycles. The van der Waals surface area contributed by atoms with Gasteiger partial charge in [0.2, 0.25) is 5.78 Å². The van der Waals surface area contributed by atoms with Crippen molar-refractivity contribution in [1.82, 2.24) is 15.1 Å². The lowest BCUT2D eigenvalue weighted by atomic mass is 10.1. The number of halogens is 2. The Balaban J connectivity index is 1.94. The first-order chi connectivity index (χ1) is 11.5. The molecule has 0 bridgehead atoms. The quantitative estimate of drug-likeness (QED) is 0.498. The van der Waals surface area contributed by atoms with Crippen molar-refractivity contribution < 1.29 is 4.79 Å². The Morgan fingerprint density at radius 1 is 1.33 bits per heavy atom. The van der Waals surface area contributed by atoms with Gasteiger partial charge in [-0.1, -0.05) is 65.3 Å². The summed E-state index contributed by atoms with van der Waals surface area (Å²) in [6.07, 6.45) is 0. The summed E-state index contributed by atoms with van der Waals surface area (Å²) in [4.78, 5) is 12.7. The topological polar surface area (TPSA) is 70.7 Å². The van der Waals surface area contributed by atoms with E-state index >= 15 is 0 Å². The number of aryl methyl sites for hydroxylation is 1. The molecule has 0 atom stereocenters. The van der Waals surface area contributed by atoms with Gasteiger partial charge in [-0.05, 0) is 5.56 Å². The van der Waals surface area contributed by atoms with Gasteiger partial charge in [-0.2, -0.15) is 10.4 Å². The second-order valence-corrected chi connectivity index (χ2v) is 6.46. The summed E-state index contributed by atoms with van der Waals surface area (Å²) in [5.41, 5.74) is 1.75. The average Bonchev–Trinajstić information content (AvgIpc) is 3.15. The number of nitrogens with zero attached hydrogens (tertiary/aromatic N) is 3. The Morgan fingerprint density at radius 3 is 2.62 bits per heavy atom. The van der Waals surface area contributed by atoms with Gasteiger partial charge in [0.15, 0.2) is 5.15 Å². The van der Waals surface area contributed by atoms with Crippen LogP contribution in [0.4, 0.5) is 0 Å². The molecule has 24 heavy (non-hydrogen) atoms. The highest BCUT2D eigenvalue weighted by Crippen LogP contribution is 2.34. The van der Waals surface area contributed by atoms with E-state index in [9.17, 15) is 10.1 Å². The molecular formula is C16H10Cl2N4OS. The molecule has 2 heterocycles. The van der Waals surface area contributed by atoms with Gasteiger partial charge in [0.25, 0.3) is 0 Å². The molecule has 0 radical (unpaired) electrons. The van der Waals surface area contributed by atoms with Gasteiger partial charge < -0.3 is 5.32 Å². The van der Waals surface area contributed by atoms with Crippen LogP contribution in [-0.2, 0) is 7.05 Å². The minimum atomic E-state index is -0.557. The molecule has 120 valence electrons. The van der Waals surface area contributed by atoms with Crippen molar-refractivity contribution in [2.75, 3.05) is 0 Å². The van der Waals surface area contributed by atoms with Crippen LogP contribution in [0.15, 0.2) is 46.3 Å². The molecule has 1 aromatic heterocycles. The largest absolute Gasteiger partial charge is 0.348 e. The Hall–Kier alpha value is -2.20. The summed E-state index contributed by atoms with van der Waals surface area (Å²) in [6, 6.07) is 11.5. The fourth-order valence-corrected chi connectivity index (χ4v) is 3.57. The molecule has 5 nitrogen and oxygen atoms in total. The van der Waals surface area contributed by atoms with Crippen LogP contribution in [0.3, 0.4) is 0 Å². The number of aromatic nitrogens is 2. The highest BCUT2D eigenvalue weighted by atomic mass is 35.5. The van der Waals surface area contributed by atoms with E-state index in [1.165, 1.54) is 16.4 Å². The normalized spacial score (nSPS) is 15.5. The van der Waals surface area contributed by atoms with Crippen LogP contribution in [0, 0.1) is 11.3 Å². The Morgan fingerprint density at radius 2 is 2.04 bits per heavy atom. The SMILES string of the molecule is Cn1nc(Cl)c(C(=O)/C(C#N)=C2\NC(c3ccccc3)=CS2)c1Cl. The van der Waals surface area contributed by atoms with Crippen LogP contribution >= 0.6 is 35.0 Å². The maximum atomic E-state index is 12.7. The molecule has 0 spiro atoms. The number of hydrogen-bond donors (Lipinski definition) is 1. The monoisotopic (exact) mass is 376 g/mol. The van der Waals surface area contributed by atoms with Crippen molar-refractivity contribution in [2.45, 2.75) is 0 Å². The standard InChI is InChI=1S/C16H10Cl2N4OS/c1-22-15(18)12(14(17)21-22)13(23)10(7-19)16-20-11(8-24-16)9-5-3-2-4-6-9/h2-6,8,20H,1H3/b16-10+. The molecule has 0 saturated carbocycles. The van der Waals surface area contributed by atoms with Crippen molar-refractivity contribution in [2.24, 2.45) is 7.05 Å². The van der Waals surface area contributed by atoms with E-state index < -0.39 is 5.78 Å². The maximum Gasteiger partial charge on any atom is 0.212 e. The number of benzene rings is 1. The molecule has 1 aliphatic rings. The third kappa shape index (κ3) is 2.94. The van der Waals surface area contributed by atoms with Gasteiger partial charge in [0.1, 0.15) is 16.8 Å². The number of ketones is 1. The summed E-state index contributed by atoms with van der Waals surface area (Å²) in [7, 11) is 1.57. The number of hydrogen-bond acceptors (Lipinski definition) is 5. The molecule has 1 aliphatic heterocycles. The van der Waals surface area contributed by atoms with Crippen LogP contribution < -0.4 is 5.32 Å². The second-order valence-electron chi connectivity index (χ2n) is 4.87. The minimum Gasteiger partial charge on any atom is -0.348 e. The van der Waals surface area contributed by atoms with E-state index in [1.807, 2.05) is 41.8 Å². The second kappa shape index (κ2) is 6.73. The zero-order valence-electron chi connectivity index (χ0n) is 12.4. The lowest BCUT2D eigenvalue weighted by Crippen LogP contribution is -2.12. The van der Waals surface area contributed by atoms with Gasteiger partial charge in [-0.15, -0.1) is 0 Å². The summed E-state index contributed by atoms with van der Waals surface area (Å²) < 4.78 is 1.29.